The van der Waals surface area contributed by atoms with Crippen LogP contribution in [0.15, 0.2) is 0 Å². The molecule has 0 heterocycles. The van der Waals surface area contributed by atoms with Gasteiger partial charge in [-0.1, -0.05) is 26.2 Å². The van der Waals surface area contributed by atoms with Crippen LogP contribution in [-0.2, 0) is 9.53 Å². The summed E-state index contributed by atoms with van der Waals surface area (Å²) < 4.78 is 4.99. The van der Waals surface area contributed by atoms with Crippen molar-refractivity contribution >= 4 is 5.97 Å². The Hall–Kier alpha value is -0.610. The van der Waals surface area contributed by atoms with Gasteiger partial charge in [-0.25, -0.2) is 0 Å². The first kappa shape index (κ1) is 14.5. The lowest BCUT2D eigenvalue weighted by Crippen LogP contribution is -2.54. The summed E-state index contributed by atoms with van der Waals surface area (Å²) in [6.45, 7) is 4.92. The maximum Gasteiger partial charge on any atom is 0.326 e. The van der Waals surface area contributed by atoms with E-state index in [0.29, 0.717) is 11.8 Å². The Balaban J connectivity index is 2.48. The first-order valence-electron chi connectivity index (χ1n) is 6.47. The molecule has 0 bridgehead atoms. The molecule has 0 amide bonds. The second-order valence-corrected chi connectivity index (χ2v) is 5.47. The number of carboxylic acid groups (broad SMARTS) is 1. The molecule has 1 saturated carbocycles. The highest BCUT2D eigenvalue weighted by Crippen LogP contribution is 2.29. The van der Waals surface area contributed by atoms with Crippen LogP contribution >= 0.6 is 0 Å². The fraction of sp³-hybridized carbons (Fsp3) is 0.923. The number of aliphatic carboxylic acids is 1. The van der Waals surface area contributed by atoms with E-state index in [1.54, 1.807) is 6.92 Å². The van der Waals surface area contributed by atoms with Crippen LogP contribution in [0.3, 0.4) is 0 Å². The van der Waals surface area contributed by atoms with Crippen molar-refractivity contribution in [3.8, 4) is 0 Å². The molecule has 0 spiro atoms. The second kappa shape index (κ2) is 6.36. The van der Waals surface area contributed by atoms with Crippen LogP contribution in [0.2, 0.25) is 0 Å². The lowest BCUT2D eigenvalue weighted by Gasteiger charge is -2.33. The summed E-state index contributed by atoms with van der Waals surface area (Å²) in [6, 6.07) is 0. The summed E-state index contributed by atoms with van der Waals surface area (Å²) in [5.74, 6) is 0.443. The average molecular weight is 243 g/mol. The lowest BCUT2D eigenvalue weighted by atomic mass is 9.80. The van der Waals surface area contributed by atoms with E-state index in [-0.39, 0.29) is 6.61 Å². The van der Waals surface area contributed by atoms with Crippen LogP contribution in [0.4, 0.5) is 0 Å². The van der Waals surface area contributed by atoms with Gasteiger partial charge in [0.1, 0.15) is 5.54 Å². The molecule has 0 saturated heterocycles. The van der Waals surface area contributed by atoms with Gasteiger partial charge in [-0.2, -0.15) is 0 Å². The standard InChI is InChI=1S/C13H25NO3/c1-10-6-4-5-7-11(10)8-14-13(2,9-17-3)12(15)16/h10-11,14H,4-9H2,1-3H3,(H,15,16). The van der Waals surface area contributed by atoms with Gasteiger partial charge in [0, 0.05) is 7.11 Å². The molecule has 0 aliphatic heterocycles. The first-order valence-corrected chi connectivity index (χ1v) is 6.47. The highest BCUT2D eigenvalue weighted by molar-refractivity contribution is 5.78. The Bertz CT molecular complexity index is 257. The molecule has 4 heteroatoms. The van der Waals surface area contributed by atoms with E-state index in [9.17, 15) is 9.90 Å². The summed E-state index contributed by atoms with van der Waals surface area (Å²) in [7, 11) is 1.53. The van der Waals surface area contributed by atoms with Gasteiger partial charge < -0.3 is 9.84 Å². The second-order valence-electron chi connectivity index (χ2n) is 5.47. The highest BCUT2D eigenvalue weighted by atomic mass is 16.5. The van der Waals surface area contributed by atoms with Crippen molar-refractivity contribution in [3.05, 3.63) is 0 Å². The smallest absolute Gasteiger partial charge is 0.326 e. The molecule has 17 heavy (non-hydrogen) atoms. The van der Waals surface area contributed by atoms with Gasteiger partial charge in [-0.05, 0) is 31.7 Å². The molecule has 0 radical (unpaired) electrons. The largest absolute Gasteiger partial charge is 0.480 e. The number of methoxy groups -OCH3 is 1. The fourth-order valence-electron chi connectivity index (χ4n) is 2.53. The van der Waals surface area contributed by atoms with Crippen molar-refractivity contribution in [2.45, 2.75) is 45.1 Å². The molecule has 1 rings (SSSR count). The SMILES string of the molecule is COCC(C)(NCC1CCCCC1C)C(=O)O. The Morgan fingerprint density at radius 2 is 2.12 bits per heavy atom. The van der Waals surface area contributed by atoms with E-state index in [1.165, 1.54) is 32.8 Å². The summed E-state index contributed by atoms with van der Waals surface area (Å²) in [6.07, 6.45) is 5.05. The van der Waals surface area contributed by atoms with Crippen LogP contribution in [0.1, 0.15) is 39.5 Å². The van der Waals surface area contributed by atoms with Crippen LogP contribution < -0.4 is 5.32 Å². The molecular formula is C13H25NO3. The number of hydrogen-bond donors (Lipinski definition) is 2. The topological polar surface area (TPSA) is 58.6 Å². The highest BCUT2D eigenvalue weighted by Gasteiger charge is 2.34. The van der Waals surface area contributed by atoms with Crippen LogP contribution in [0, 0.1) is 11.8 Å². The monoisotopic (exact) mass is 243 g/mol. The fourth-order valence-corrected chi connectivity index (χ4v) is 2.53. The molecule has 0 aromatic rings. The predicted octanol–water partition coefficient (Wildman–Crippen LogP) is 1.89. The van der Waals surface area contributed by atoms with E-state index in [2.05, 4.69) is 12.2 Å². The number of rotatable bonds is 6. The number of carboxylic acids is 1. The van der Waals surface area contributed by atoms with Gasteiger partial charge >= 0.3 is 5.97 Å². The van der Waals surface area contributed by atoms with Crippen molar-refractivity contribution in [1.82, 2.24) is 5.32 Å². The van der Waals surface area contributed by atoms with E-state index >= 15 is 0 Å². The molecule has 1 aliphatic carbocycles. The minimum atomic E-state index is -0.966. The van der Waals surface area contributed by atoms with E-state index in [0.717, 1.165) is 6.54 Å². The predicted molar refractivity (Wildman–Crippen MR) is 67.0 cm³/mol. The third-order valence-electron chi connectivity index (χ3n) is 3.95. The summed E-state index contributed by atoms with van der Waals surface area (Å²) >= 11 is 0. The van der Waals surface area contributed by atoms with E-state index in [4.69, 9.17) is 4.74 Å². The normalized spacial score (nSPS) is 28.6. The van der Waals surface area contributed by atoms with Gasteiger partial charge in [-0.3, -0.25) is 10.1 Å². The van der Waals surface area contributed by atoms with Gasteiger partial charge in [0.2, 0.25) is 0 Å². The van der Waals surface area contributed by atoms with Gasteiger partial charge in [-0.15, -0.1) is 0 Å². The van der Waals surface area contributed by atoms with Crippen LogP contribution in [-0.4, -0.2) is 36.9 Å². The Kier molecular flexibility index (Phi) is 5.40. The Morgan fingerprint density at radius 3 is 2.65 bits per heavy atom. The third-order valence-corrected chi connectivity index (χ3v) is 3.95. The number of hydrogen-bond acceptors (Lipinski definition) is 3. The van der Waals surface area contributed by atoms with Crippen LogP contribution in [0.5, 0.6) is 0 Å². The Labute approximate surface area is 104 Å². The Morgan fingerprint density at radius 1 is 1.47 bits per heavy atom. The molecule has 0 aromatic carbocycles. The van der Waals surface area contributed by atoms with Gasteiger partial charge in [0.05, 0.1) is 6.61 Å². The summed E-state index contributed by atoms with van der Waals surface area (Å²) in [5.41, 5.74) is -0.966. The van der Waals surface area contributed by atoms with Crippen molar-refractivity contribution in [1.29, 1.82) is 0 Å². The third kappa shape index (κ3) is 3.96. The molecule has 4 nitrogen and oxygen atoms in total. The van der Waals surface area contributed by atoms with E-state index in [1.807, 2.05) is 0 Å². The molecule has 0 aromatic heterocycles. The van der Waals surface area contributed by atoms with Crippen molar-refractivity contribution in [2.24, 2.45) is 11.8 Å². The molecule has 1 fully saturated rings. The molecule has 2 N–H and O–H groups in total. The molecular weight excluding hydrogens is 218 g/mol. The molecule has 1 aliphatic rings. The zero-order valence-electron chi connectivity index (χ0n) is 11.2. The van der Waals surface area contributed by atoms with Crippen molar-refractivity contribution < 1.29 is 14.6 Å². The van der Waals surface area contributed by atoms with Crippen molar-refractivity contribution in [3.63, 3.8) is 0 Å². The maximum absolute atomic E-state index is 11.2. The summed E-state index contributed by atoms with van der Waals surface area (Å²) in [4.78, 5) is 11.2. The number of carbonyl (C=O) groups is 1. The lowest BCUT2D eigenvalue weighted by molar-refractivity contribution is -0.146. The van der Waals surface area contributed by atoms with Gasteiger partial charge in [0.15, 0.2) is 0 Å². The quantitative estimate of drug-likeness (QED) is 0.748. The van der Waals surface area contributed by atoms with Crippen LogP contribution in [0.25, 0.3) is 0 Å². The van der Waals surface area contributed by atoms with Crippen molar-refractivity contribution in [2.75, 3.05) is 20.3 Å². The minimum absolute atomic E-state index is 0.198. The zero-order valence-corrected chi connectivity index (χ0v) is 11.2. The van der Waals surface area contributed by atoms with E-state index < -0.39 is 11.5 Å². The summed E-state index contributed by atoms with van der Waals surface area (Å²) in [5, 5.41) is 12.4. The maximum atomic E-state index is 11.2. The molecule has 3 unspecified atom stereocenters. The average Bonchev–Trinajstić information content (AvgIpc) is 2.28. The first-order chi connectivity index (χ1) is 7.99. The minimum Gasteiger partial charge on any atom is -0.480 e. The molecule has 100 valence electrons. The number of nitrogens with one attached hydrogen (secondary N) is 1. The van der Waals surface area contributed by atoms with Gasteiger partial charge in [0.25, 0.3) is 0 Å². The number of ether oxygens (including phenoxy) is 1. The molecule has 3 atom stereocenters. The zero-order chi connectivity index (χ0) is 12.9.